The van der Waals surface area contributed by atoms with Gasteiger partial charge in [-0.25, -0.2) is 4.98 Å². The number of carbonyl (C=O) groups excluding carboxylic acids is 1. The number of para-hydroxylation sites is 1. The molecule has 104 valence electrons. The van der Waals surface area contributed by atoms with Gasteiger partial charge in [0.1, 0.15) is 16.7 Å². The van der Waals surface area contributed by atoms with E-state index in [1.54, 1.807) is 7.11 Å². The highest BCUT2D eigenvalue weighted by molar-refractivity contribution is 6.32. The zero-order chi connectivity index (χ0) is 14.5. The van der Waals surface area contributed by atoms with Crippen molar-refractivity contribution in [3.8, 4) is 5.75 Å². The largest absolute Gasteiger partial charge is 0.496 e. The molecule has 3 N–H and O–H groups in total. The zero-order valence-electron chi connectivity index (χ0n) is 10.8. The van der Waals surface area contributed by atoms with Crippen molar-refractivity contribution in [1.82, 2.24) is 9.97 Å². The zero-order valence-corrected chi connectivity index (χ0v) is 11.5. The van der Waals surface area contributed by atoms with Crippen LogP contribution >= 0.6 is 11.6 Å². The van der Waals surface area contributed by atoms with Gasteiger partial charge in [-0.3, -0.25) is 4.79 Å². The lowest BCUT2D eigenvalue weighted by Crippen LogP contribution is -2.09. The Balaban J connectivity index is 2.25. The van der Waals surface area contributed by atoms with Crippen molar-refractivity contribution >= 4 is 29.7 Å². The lowest BCUT2D eigenvalue weighted by Gasteiger charge is -2.11. The standard InChI is InChI=1S/C13H13ClN4O2/c1-20-10-5-3-2-4-8(10)6-16-12-9(7-19)11(14)17-13(15)18-12/h2-5,7H,6H2,1H3,(H3,15,16,17,18). The van der Waals surface area contributed by atoms with Gasteiger partial charge in [0.25, 0.3) is 0 Å². The van der Waals surface area contributed by atoms with Gasteiger partial charge in [0.15, 0.2) is 6.29 Å². The molecule has 0 atom stereocenters. The van der Waals surface area contributed by atoms with Crippen LogP contribution in [0.5, 0.6) is 5.75 Å². The molecule has 6 nitrogen and oxygen atoms in total. The van der Waals surface area contributed by atoms with Gasteiger partial charge in [0.2, 0.25) is 5.95 Å². The van der Waals surface area contributed by atoms with Crippen LogP contribution in [0, 0.1) is 0 Å². The molecule has 2 rings (SSSR count). The van der Waals surface area contributed by atoms with Gasteiger partial charge in [-0.1, -0.05) is 29.8 Å². The van der Waals surface area contributed by atoms with Crippen LogP contribution < -0.4 is 15.8 Å². The van der Waals surface area contributed by atoms with Gasteiger partial charge in [-0.15, -0.1) is 0 Å². The van der Waals surface area contributed by atoms with E-state index in [9.17, 15) is 4.79 Å². The van der Waals surface area contributed by atoms with Crippen LogP contribution in [0.3, 0.4) is 0 Å². The number of carbonyl (C=O) groups is 1. The highest BCUT2D eigenvalue weighted by atomic mass is 35.5. The van der Waals surface area contributed by atoms with E-state index >= 15 is 0 Å². The van der Waals surface area contributed by atoms with Crippen LogP contribution in [0.15, 0.2) is 24.3 Å². The molecule has 0 radical (unpaired) electrons. The Kier molecular flexibility index (Phi) is 4.37. The molecule has 7 heteroatoms. The molecule has 20 heavy (non-hydrogen) atoms. The van der Waals surface area contributed by atoms with E-state index in [1.807, 2.05) is 24.3 Å². The van der Waals surface area contributed by atoms with Crippen molar-refractivity contribution in [1.29, 1.82) is 0 Å². The third kappa shape index (κ3) is 2.97. The third-order valence-corrected chi connectivity index (χ3v) is 2.96. The fourth-order valence-corrected chi connectivity index (χ4v) is 1.95. The first-order valence-electron chi connectivity index (χ1n) is 5.79. The van der Waals surface area contributed by atoms with Crippen LogP contribution in [0.4, 0.5) is 11.8 Å². The number of nitrogens with two attached hydrogens (primary N) is 1. The Morgan fingerprint density at radius 1 is 1.40 bits per heavy atom. The van der Waals surface area contributed by atoms with Crippen molar-refractivity contribution in [3.63, 3.8) is 0 Å². The highest BCUT2D eigenvalue weighted by Crippen LogP contribution is 2.22. The second-order valence-corrected chi connectivity index (χ2v) is 4.28. The van der Waals surface area contributed by atoms with E-state index in [0.29, 0.717) is 18.6 Å². The summed E-state index contributed by atoms with van der Waals surface area (Å²) >= 11 is 5.85. The minimum absolute atomic E-state index is 0.00290. The van der Waals surface area contributed by atoms with E-state index in [0.717, 1.165) is 11.3 Å². The summed E-state index contributed by atoms with van der Waals surface area (Å²) in [5.41, 5.74) is 6.61. The van der Waals surface area contributed by atoms with Gasteiger partial charge in [-0.05, 0) is 6.07 Å². The summed E-state index contributed by atoms with van der Waals surface area (Å²) in [6.07, 6.45) is 0.590. The number of halogens is 1. The van der Waals surface area contributed by atoms with Gasteiger partial charge in [0.05, 0.1) is 12.7 Å². The van der Waals surface area contributed by atoms with E-state index in [-0.39, 0.29) is 16.7 Å². The highest BCUT2D eigenvalue weighted by Gasteiger charge is 2.11. The minimum atomic E-state index is 0.00290. The quantitative estimate of drug-likeness (QED) is 0.648. The number of aromatic nitrogens is 2. The number of nitrogens with zero attached hydrogens (tertiary/aromatic N) is 2. The van der Waals surface area contributed by atoms with Gasteiger partial charge < -0.3 is 15.8 Å². The van der Waals surface area contributed by atoms with E-state index in [4.69, 9.17) is 22.1 Å². The monoisotopic (exact) mass is 292 g/mol. The number of nitrogen functional groups attached to an aromatic ring is 1. The van der Waals surface area contributed by atoms with Crippen LogP contribution in [-0.4, -0.2) is 23.4 Å². The number of methoxy groups -OCH3 is 1. The second kappa shape index (κ2) is 6.21. The molecule has 0 aliphatic carbocycles. The Bertz CT molecular complexity index is 634. The number of rotatable bonds is 5. The first-order chi connectivity index (χ1) is 9.65. The first kappa shape index (κ1) is 14.1. The average Bonchev–Trinajstić information content (AvgIpc) is 2.45. The molecular weight excluding hydrogens is 280 g/mol. The number of anilines is 2. The SMILES string of the molecule is COc1ccccc1CNc1nc(N)nc(Cl)c1C=O. The lowest BCUT2D eigenvalue weighted by molar-refractivity contribution is 0.112. The minimum Gasteiger partial charge on any atom is -0.496 e. The first-order valence-corrected chi connectivity index (χ1v) is 6.17. The summed E-state index contributed by atoms with van der Waals surface area (Å²) in [5.74, 6) is 1.03. The maximum atomic E-state index is 11.0. The molecule has 0 bridgehead atoms. The molecule has 0 fully saturated rings. The Morgan fingerprint density at radius 2 is 2.15 bits per heavy atom. The number of benzene rings is 1. The van der Waals surface area contributed by atoms with Crippen molar-refractivity contribution in [3.05, 3.63) is 40.5 Å². The molecule has 1 heterocycles. The number of hydrogen-bond acceptors (Lipinski definition) is 6. The predicted molar refractivity (Wildman–Crippen MR) is 77.2 cm³/mol. The van der Waals surface area contributed by atoms with Gasteiger partial charge in [-0.2, -0.15) is 4.98 Å². The van der Waals surface area contributed by atoms with E-state index in [2.05, 4.69) is 15.3 Å². The fourth-order valence-electron chi connectivity index (χ4n) is 1.73. The molecule has 1 aromatic heterocycles. The molecule has 0 saturated carbocycles. The van der Waals surface area contributed by atoms with Crippen LogP contribution in [-0.2, 0) is 6.54 Å². The van der Waals surface area contributed by atoms with Gasteiger partial charge >= 0.3 is 0 Å². The fraction of sp³-hybridized carbons (Fsp3) is 0.154. The average molecular weight is 293 g/mol. The molecular formula is C13H13ClN4O2. The molecule has 1 aromatic carbocycles. The van der Waals surface area contributed by atoms with E-state index in [1.165, 1.54) is 0 Å². The van der Waals surface area contributed by atoms with Crippen LogP contribution in [0.1, 0.15) is 15.9 Å². The smallest absolute Gasteiger partial charge is 0.223 e. The van der Waals surface area contributed by atoms with Crippen molar-refractivity contribution in [2.24, 2.45) is 0 Å². The number of hydrogen-bond donors (Lipinski definition) is 2. The Labute approximate surface area is 120 Å². The van der Waals surface area contributed by atoms with Crippen LogP contribution in [0.2, 0.25) is 5.15 Å². The molecule has 0 aliphatic heterocycles. The molecule has 2 aromatic rings. The topological polar surface area (TPSA) is 90.1 Å². The van der Waals surface area contributed by atoms with Gasteiger partial charge in [0, 0.05) is 12.1 Å². The predicted octanol–water partition coefficient (Wildman–Crippen LogP) is 2.15. The lowest BCUT2D eigenvalue weighted by atomic mass is 10.2. The van der Waals surface area contributed by atoms with Crippen molar-refractivity contribution < 1.29 is 9.53 Å². The summed E-state index contributed by atoms with van der Waals surface area (Å²) in [4.78, 5) is 18.7. The Hall–Kier alpha value is -2.34. The maximum absolute atomic E-state index is 11.0. The maximum Gasteiger partial charge on any atom is 0.223 e. The number of nitrogens with one attached hydrogen (secondary N) is 1. The normalized spacial score (nSPS) is 10.1. The summed E-state index contributed by atoms with van der Waals surface area (Å²) in [7, 11) is 1.59. The molecule has 0 spiro atoms. The second-order valence-electron chi connectivity index (χ2n) is 3.92. The molecule has 0 aliphatic rings. The van der Waals surface area contributed by atoms with Crippen LogP contribution in [0.25, 0.3) is 0 Å². The Morgan fingerprint density at radius 3 is 2.85 bits per heavy atom. The van der Waals surface area contributed by atoms with Crippen molar-refractivity contribution in [2.75, 3.05) is 18.2 Å². The number of ether oxygens (including phenoxy) is 1. The molecule has 0 amide bonds. The number of aldehydes is 1. The molecule has 0 unspecified atom stereocenters. The summed E-state index contributed by atoms with van der Waals surface area (Å²) in [6.45, 7) is 0.414. The van der Waals surface area contributed by atoms with E-state index < -0.39 is 0 Å². The molecule has 0 saturated heterocycles. The van der Waals surface area contributed by atoms with Crippen molar-refractivity contribution in [2.45, 2.75) is 6.54 Å². The summed E-state index contributed by atoms with van der Waals surface area (Å²) in [5, 5.41) is 3.03. The summed E-state index contributed by atoms with van der Waals surface area (Å²) < 4.78 is 5.24. The summed E-state index contributed by atoms with van der Waals surface area (Å²) in [6, 6.07) is 7.51. The third-order valence-electron chi connectivity index (χ3n) is 2.67.